The molecular formula is C42H27NO. The van der Waals surface area contributed by atoms with Gasteiger partial charge in [-0.1, -0.05) is 140 Å². The van der Waals surface area contributed by atoms with E-state index in [-0.39, 0.29) is 0 Å². The molecule has 1 N–H and O–H groups in total. The highest BCUT2D eigenvalue weighted by molar-refractivity contribution is 6.24. The lowest BCUT2D eigenvalue weighted by atomic mass is 9.95. The van der Waals surface area contributed by atoms with Crippen molar-refractivity contribution in [3.05, 3.63) is 158 Å². The molecule has 44 heavy (non-hydrogen) atoms. The summed E-state index contributed by atoms with van der Waals surface area (Å²) in [6, 6.07) is 56.1. The van der Waals surface area contributed by atoms with Crippen molar-refractivity contribution in [2.24, 2.45) is 0 Å². The summed E-state index contributed by atoms with van der Waals surface area (Å²) in [7, 11) is 0. The van der Waals surface area contributed by atoms with E-state index in [1.54, 1.807) is 0 Å². The molecule has 9 rings (SSSR count). The largest absolute Gasteiger partial charge is 0.453 e. The van der Waals surface area contributed by atoms with Gasteiger partial charge in [0.05, 0.1) is 5.69 Å². The van der Waals surface area contributed by atoms with Crippen LogP contribution in [0.15, 0.2) is 162 Å². The zero-order chi connectivity index (χ0) is 29.0. The standard InChI is InChI=1S/C42H27NO/c1-2-12-28(13-3-1)34-19-10-20-37-40-33-16-7-6-15-30(33)26-39(42(40)44-41(34)37)43-38-24-23-32(35-17-8-9-18-36(35)38)31-22-21-27-11-4-5-14-29(27)25-31/h1-26,43H. The van der Waals surface area contributed by atoms with Gasteiger partial charge in [-0.05, 0) is 61.8 Å². The average molecular weight is 562 g/mol. The summed E-state index contributed by atoms with van der Waals surface area (Å²) in [5, 5.41) is 13.3. The van der Waals surface area contributed by atoms with Crippen molar-refractivity contribution in [3.8, 4) is 22.3 Å². The number of hydrogen-bond donors (Lipinski definition) is 1. The third-order valence-corrected chi connectivity index (χ3v) is 8.83. The van der Waals surface area contributed by atoms with Crippen molar-refractivity contribution >= 4 is 65.6 Å². The van der Waals surface area contributed by atoms with E-state index in [0.29, 0.717) is 0 Å². The Balaban J connectivity index is 1.25. The van der Waals surface area contributed by atoms with Gasteiger partial charge in [0.15, 0.2) is 5.58 Å². The van der Waals surface area contributed by atoms with Crippen LogP contribution in [0.3, 0.4) is 0 Å². The Morgan fingerprint density at radius 3 is 1.93 bits per heavy atom. The Bertz CT molecular complexity index is 2520. The molecule has 0 bridgehead atoms. The first-order valence-electron chi connectivity index (χ1n) is 15.0. The average Bonchev–Trinajstić information content (AvgIpc) is 3.49. The van der Waals surface area contributed by atoms with Crippen LogP contribution in [0.5, 0.6) is 0 Å². The summed E-state index contributed by atoms with van der Waals surface area (Å²) in [4.78, 5) is 0. The van der Waals surface area contributed by atoms with Crippen LogP contribution < -0.4 is 5.32 Å². The molecule has 0 unspecified atom stereocenters. The molecule has 1 aromatic heterocycles. The van der Waals surface area contributed by atoms with Crippen molar-refractivity contribution in [1.82, 2.24) is 0 Å². The predicted molar refractivity (Wildman–Crippen MR) is 187 cm³/mol. The minimum atomic E-state index is 0.866. The maximum absolute atomic E-state index is 6.83. The van der Waals surface area contributed by atoms with E-state index < -0.39 is 0 Å². The fourth-order valence-electron chi connectivity index (χ4n) is 6.75. The van der Waals surface area contributed by atoms with E-state index in [4.69, 9.17) is 4.42 Å². The van der Waals surface area contributed by atoms with Crippen LogP contribution in [-0.2, 0) is 0 Å². The summed E-state index contributed by atoms with van der Waals surface area (Å²) in [6.45, 7) is 0. The van der Waals surface area contributed by atoms with Crippen LogP contribution in [0.1, 0.15) is 0 Å². The Kier molecular flexibility index (Phi) is 5.54. The van der Waals surface area contributed by atoms with Crippen molar-refractivity contribution in [2.75, 3.05) is 5.32 Å². The molecule has 8 aromatic carbocycles. The fraction of sp³-hybridized carbons (Fsp3) is 0. The highest BCUT2D eigenvalue weighted by Gasteiger charge is 2.19. The maximum Gasteiger partial charge on any atom is 0.159 e. The van der Waals surface area contributed by atoms with Gasteiger partial charge in [0, 0.05) is 27.4 Å². The van der Waals surface area contributed by atoms with E-state index in [2.05, 4.69) is 157 Å². The van der Waals surface area contributed by atoms with E-state index in [0.717, 1.165) is 44.4 Å². The summed E-state index contributed by atoms with van der Waals surface area (Å²) >= 11 is 0. The first kappa shape index (κ1) is 24.7. The molecule has 2 heteroatoms. The highest BCUT2D eigenvalue weighted by atomic mass is 16.3. The molecule has 2 nitrogen and oxygen atoms in total. The topological polar surface area (TPSA) is 25.2 Å². The number of fused-ring (bicyclic) bond motifs is 7. The third-order valence-electron chi connectivity index (χ3n) is 8.83. The lowest BCUT2D eigenvalue weighted by molar-refractivity contribution is 0.671. The van der Waals surface area contributed by atoms with Gasteiger partial charge in [0.25, 0.3) is 0 Å². The second kappa shape index (κ2) is 9.86. The van der Waals surface area contributed by atoms with E-state index in [9.17, 15) is 0 Å². The second-order valence-electron chi connectivity index (χ2n) is 11.4. The minimum absolute atomic E-state index is 0.866. The zero-order valence-corrected chi connectivity index (χ0v) is 23.9. The Morgan fingerprint density at radius 2 is 1.07 bits per heavy atom. The van der Waals surface area contributed by atoms with Crippen molar-refractivity contribution in [2.45, 2.75) is 0 Å². The first-order chi connectivity index (χ1) is 21.8. The van der Waals surface area contributed by atoms with Crippen LogP contribution >= 0.6 is 0 Å². The van der Waals surface area contributed by atoms with Crippen LogP contribution in [-0.4, -0.2) is 0 Å². The number of furan rings is 1. The van der Waals surface area contributed by atoms with Gasteiger partial charge in [-0.3, -0.25) is 0 Å². The summed E-state index contributed by atoms with van der Waals surface area (Å²) in [5.41, 5.74) is 8.45. The number of benzene rings is 8. The number of nitrogens with one attached hydrogen (secondary N) is 1. The Morgan fingerprint density at radius 1 is 0.364 bits per heavy atom. The minimum Gasteiger partial charge on any atom is -0.453 e. The van der Waals surface area contributed by atoms with E-state index in [1.165, 1.54) is 43.4 Å². The van der Waals surface area contributed by atoms with Crippen molar-refractivity contribution < 1.29 is 4.42 Å². The van der Waals surface area contributed by atoms with Crippen molar-refractivity contribution in [1.29, 1.82) is 0 Å². The normalized spacial score (nSPS) is 11.6. The maximum atomic E-state index is 6.83. The van der Waals surface area contributed by atoms with Gasteiger partial charge in [-0.2, -0.15) is 0 Å². The molecule has 0 saturated heterocycles. The Labute approximate surface area is 254 Å². The molecule has 9 aromatic rings. The Hall–Kier alpha value is -5.86. The van der Waals surface area contributed by atoms with Crippen LogP contribution in [0, 0.1) is 0 Å². The van der Waals surface area contributed by atoms with Gasteiger partial charge in [-0.25, -0.2) is 0 Å². The van der Waals surface area contributed by atoms with Gasteiger partial charge in [-0.15, -0.1) is 0 Å². The number of para-hydroxylation sites is 1. The number of rotatable bonds is 4. The summed E-state index contributed by atoms with van der Waals surface area (Å²) in [6.07, 6.45) is 0. The van der Waals surface area contributed by atoms with Gasteiger partial charge in [0.1, 0.15) is 5.58 Å². The lowest BCUT2D eigenvalue weighted by Gasteiger charge is -2.15. The predicted octanol–water partition coefficient (Wildman–Crippen LogP) is 12.1. The SMILES string of the molecule is c1ccc(-c2cccc3c2oc2c(Nc4ccc(-c5ccc6ccccc6c5)c5ccccc45)cc4ccccc4c23)cc1. The molecule has 0 fully saturated rings. The molecule has 206 valence electrons. The van der Waals surface area contributed by atoms with Crippen molar-refractivity contribution in [3.63, 3.8) is 0 Å². The van der Waals surface area contributed by atoms with Gasteiger partial charge >= 0.3 is 0 Å². The number of hydrogen-bond acceptors (Lipinski definition) is 2. The quantitative estimate of drug-likeness (QED) is 0.231. The molecule has 0 saturated carbocycles. The molecule has 0 aliphatic carbocycles. The second-order valence-corrected chi connectivity index (χ2v) is 11.4. The molecule has 1 heterocycles. The monoisotopic (exact) mass is 561 g/mol. The molecule has 0 aliphatic heterocycles. The van der Waals surface area contributed by atoms with E-state index in [1.807, 2.05) is 6.07 Å². The summed E-state index contributed by atoms with van der Waals surface area (Å²) < 4.78 is 6.83. The molecule has 0 radical (unpaired) electrons. The van der Waals surface area contributed by atoms with Crippen LogP contribution in [0.25, 0.3) is 76.5 Å². The molecule has 0 atom stereocenters. The molecule has 0 aliphatic rings. The first-order valence-corrected chi connectivity index (χ1v) is 15.0. The zero-order valence-electron chi connectivity index (χ0n) is 23.9. The van der Waals surface area contributed by atoms with Gasteiger partial charge < -0.3 is 9.73 Å². The van der Waals surface area contributed by atoms with Gasteiger partial charge in [0.2, 0.25) is 0 Å². The van der Waals surface area contributed by atoms with E-state index >= 15 is 0 Å². The molecule has 0 amide bonds. The van der Waals surface area contributed by atoms with Crippen LogP contribution in [0.2, 0.25) is 0 Å². The molecular weight excluding hydrogens is 534 g/mol. The lowest BCUT2D eigenvalue weighted by Crippen LogP contribution is -1.94. The summed E-state index contributed by atoms with van der Waals surface area (Å²) in [5.74, 6) is 0. The number of anilines is 2. The molecule has 0 spiro atoms. The highest BCUT2D eigenvalue weighted by Crippen LogP contribution is 2.44. The fourth-order valence-corrected chi connectivity index (χ4v) is 6.75. The smallest absolute Gasteiger partial charge is 0.159 e. The third kappa shape index (κ3) is 3.89. The van der Waals surface area contributed by atoms with Crippen LogP contribution in [0.4, 0.5) is 11.4 Å².